The summed E-state index contributed by atoms with van der Waals surface area (Å²) in [5.74, 6) is 0. The normalized spacial score (nSPS) is 11.1. The van der Waals surface area contributed by atoms with E-state index in [9.17, 15) is 0 Å². The van der Waals surface area contributed by atoms with E-state index in [2.05, 4.69) is 96.0 Å². The number of para-hydroxylation sites is 1. The van der Waals surface area contributed by atoms with Crippen molar-refractivity contribution in [2.45, 2.75) is 0 Å². The van der Waals surface area contributed by atoms with Crippen molar-refractivity contribution in [1.82, 2.24) is 9.97 Å². The lowest BCUT2D eigenvalue weighted by Crippen LogP contribution is -2.52. The molecule has 0 fully saturated rings. The van der Waals surface area contributed by atoms with Gasteiger partial charge in [0, 0.05) is 11.6 Å². The number of hydrogen-bond donors (Lipinski definition) is 0. The van der Waals surface area contributed by atoms with E-state index in [-0.39, 0.29) is 0 Å². The first kappa shape index (κ1) is 17.5. The van der Waals surface area contributed by atoms with Gasteiger partial charge in [-0.2, -0.15) is 0 Å². The van der Waals surface area contributed by atoms with Crippen molar-refractivity contribution in [2.24, 2.45) is 0 Å². The molecule has 29 heavy (non-hydrogen) atoms. The first-order valence-electron chi connectivity index (χ1n) is 9.69. The lowest BCUT2D eigenvalue weighted by atomic mass is 10.1. The molecular weight excluding hydrogens is 368 g/mol. The number of nitrogens with zero attached hydrogens (tertiary/aromatic N) is 2. The van der Waals surface area contributed by atoms with Crippen LogP contribution in [0.15, 0.2) is 115 Å². The van der Waals surface area contributed by atoms with Gasteiger partial charge in [0.1, 0.15) is 0 Å². The van der Waals surface area contributed by atoms with E-state index in [0.29, 0.717) is 0 Å². The zero-order valence-electron chi connectivity index (χ0n) is 15.9. The number of rotatable bonds is 4. The van der Waals surface area contributed by atoms with Crippen LogP contribution >= 0.6 is 0 Å². The molecule has 5 aromatic rings. The van der Waals surface area contributed by atoms with Crippen molar-refractivity contribution in [3.8, 4) is 11.4 Å². The Morgan fingerprint density at radius 3 is 1.86 bits per heavy atom. The Morgan fingerprint density at radius 1 is 0.517 bits per heavy atom. The maximum absolute atomic E-state index is 5.08. The summed E-state index contributed by atoms with van der Waals surface area (Å²) in [6.45, 7) is 0. The minimum atomic E-state index is -1.18. The fourth-order valence-corrected chi connectivity index (χ4v) is 6.40. The second kappa shape index (κ2) is 7.82. The zero-order chi connectivity index (χ0) is 19.5. The molecule has 0 saturated carbocycles. The summed E-state index contributed by atoms with van der Waals surface area (Å²) in [6, 6.07) is 38.3. The lowest BCUT2D eigenvalue weighted by Gasteiger charge is -2.18. The third-order valence-electron chi connectivity index (χ3n) is 5.04. The third kappa shape index (κ3) is 3.48. The topological polar surface area (TPSA) is 25.8 Å². The molecule has 0 bridgehead atoms. The van der Waals surface area contributed by atoms with E-state index < -0.39 is 8.80 Å². The fourth-order valence-electron chi connectivity index (χ4n) is 3.69. The molecule has 0 saturated heterocycles. The molecule has 1 radical (unpaired) electrons. The SMILES string of the molecule is c1ccc([Si](c2ccccc2)c2cccc3ccc(-c4ccccn4)nc23)cc1. The molecule has 0 N–H and O–H groups in total. The van der Waals surface area contributed by atoms with E-state index >= 15 is 0 Å². The summed E-state index contributed by atoms with van der Waals surface area (Å²) >= 11 is 0. The van der Waals surface area contributed by atoms with Gasteiger partial charge in [-0.15, -0.1) is 0 Å². The van der Waals surface area contributed by atoms with Crippen molar-refractivity contribution >= 4 is 35.3 Å². The molecule has 0 aliphatic rings. The molecular formula is C26H19N2Si. The highest BCUT2D eigenvalue weighted by atomic mass is 28.3. The summed E-state index contributed by atoms with van der Waals surface area (Å²) in [5.41, 5.74) is 2.88. The summed E-state index contributed by atoms with van der Waals surface area (Å²) in [5, 5.41) is 5.20. The molecule has 0 aliphatic carbocycles. The van der Waals surface area contributed by atoms with Gasteiger partial charge in [-0.1, -0.05) is 101 Å². The fraction of sp³-hybridized carbons (Fsp3) is 0. The average Bonchev–Trinajstić information content (AvgIpc) is 2.81. The smallest absolute Gasteiger partial charge is 0.157 e. The first-order valence-corrected chi connectivity index (χ1v) is 11.2. The second-order valence-electron chi connectivity index (χ2n) is 6.90. The minimum Gasteiger partial charge on any atom is -0.255 e. The number of hydrogen-bond acceptors (Lipinski definition) is 2. The molecule has 137 valence electrons. The minimum absolute atomic E-state index is 0.900. The Kier molecular flexibility index (Phi) is 4.73. The van der Waals surface area contributed by atoms with E-state index in [1.54, 1.807) is 0 Å². The molecule has 2 aromatic heterocycles. The highest BCUT2D eigenvalue weighted by Gasteiger charge is 2.22. The molecule has 2 nitrogen and oxygen atoms in total. The van der Waals surface area contributed by atoms with Gasteiger partial charge in [0.05, 0.1) is 16.9 Å². The van der Waals surface area contributed by atoms with Crippen LogP contribution < -0.4 is 15.6 Å². The van der Waals surface area contributed by atoms with Crippen LogP contribution in [0.4, 0.5) is 0 Å². The molecule has 2 heterocycles. The summed E-state index contributed by atoms with van der Waals surface area (Å²) in [7, 11) is -1.18. The zero-order valence-corrected chi connectivity index (χ0v) is 16.9. The van der Waals surface area contributed by atoms with E-state index in [4.69, 9.17) is 4.98 Å². The van der Waals surface area contributed by atoms with E-state index in [1.807, 2.05) is 24.4 Å². The Balaban J connectivity index is 1.75. The van der Waals surface area contributed by atoms with Gasteiger partial charge in [-0.25, -0.2) is 4.98 Å². The number of pyridine rings is 2. The maximum atomic E-state index is 5.08. The second-order valence-corrected chi connectivity index (χ2v) is 9.34. The van der Waals surface area contributed by atoms with Crippen LogP contribution in [0, 0.1) is 0 Å². The Hall–Kier alpha value is -3.56. The summed E-state index contributed by atoms with van der Waals surface area (Å²) in [6.07, 6.45) is 1.82. The van der Waals surface area contributed by atoms with Gasteiger partial charge in [-0.05, 0) is 23.4 Å². The van der Waals surface area contributed by atoms with Gasteiger partial charge in [0.15, 0.2) is 8.80 Å². The molecule has 0 spiro atoms. The van der Waals surface area contributed by atoms with Crippen LogP contribution in [0.25, 0.3) is 22.3 Å². The van der Waals surface area contributed by atoms with Crippen molar-refractivity contribution in [3.05, 3.63) is 115 Å². The Labute approximate surface area is 172 Å². The predicted molar refractivity (Wildman–Crippen MR) is 123 cm³/mol. The van der Waals surface area contributed by atoms with Gasteiger partial charge in [0.2, 0.25) is 0 Å². The number of fused-ring (bicyclic) bond motifs is 1. The van der Waals surface area contributed by atoms with Crippen LogP contribution in [0.2, 0.25) is 0 Å². The quantitative estimate of drug-likeness (QED) is 0.346. The molecule has 0 aliphatic heterocycles. The number of benzene rings is 3. The molecule has 0 amide bonds. The van der Waals surface area contributed by atoms with Gasteiger partial charge < -0.3 is 0 Å². The van der Waals surface area contributed by atoms with Crippen molar-refractivity contribution in [3.63, 3.8) is 0 Å². The third-order valence-corrected chi connectivity index (χ3v) is 7.81. The van der Waals surface area contributed by atoms with Gasteiger partial charge in [0.25, 0.3) is 0 Å². The number of aromatic nitrogens is 2. The van der Waals surface area contributed by atoms with Crippen LogP contribution in [0.3, 0.4) is 0 Å². The van der Waals surface area contributed by atoms with Gasteiger partial charge in [-0.3, -0.25) is 4.98 Å². The van der Waals surface area contributed by atoms with Crippen LogP contribution in [0.1, 0.15) is 0 Å². The Morgan fingerprint density at radius 2 is 1.21 bits per heavy atom. The van der Waals surface area contributed by atoms with Crippen LogP contribution in [-0.2, 0) is 0 Å². The van der Waals surface area contributed by atoms with E-state index in [1.165, 1.54) is 15.6 Å². The van der Waals surface area contributed by atoms with Crippen molar-refractivity contribution < 1.29 is 0 Å². The van der Waals surface area contributed by atoms with Crippen molar-refractivity contribution in [2.75, 3.05) is 0 Å². The summed E-state index contributed by atoms with van der Waals surface area (Å²) in [4.78, 5) is 9.57. The van der Waals surface area contributed by atoms with Gasteiger partial charge >= 0.3 is 0 Å². The molecule has 0 unspecified atom stereocenters. The molecule has 0 atom stereocenters. The highest BCUT2D eigenvalue weighted by molar-refractivity contribution is 6.96. The van der Waals surface area contributed by atoms with Crippen LogP contribution in [0.5, 0.6) is 0 Å². The van der Waals surface area contributed by atoms with Crippen molar-refractivity contribution in [1.29, 1.82) is 0 Å². The molecule has 3 aromatic carbocycles. The predicted octanol–water partition coefficient (Wildman–Crippen LogP) is 3.81. The largest absolute Gasteiger partial charge is 0.255 e. The average molecular weight is 388 g/mol. The molecule has 3 heteroatoms. The Bertz CT molecular complexity index is 1200. The van der Waals surface area contributed by atoms with E-state index in [0.717, 1.165) is 22.3 Å². The monoisotopic (exact) mass is 387 g/mol. The maximum Gasteiger partial charge on any atom is 0.157 e. The highest BCUT2D eigenvalue weighted by Crippen LogP contribution is 2.18. The van der Waals surface area contributed by atoms with Crippen LogP contribution in [-0.4, -0.2) is 18.8 Å². The summed E-state index contributed by atoms with van der Waals surface area (Å²) < 4.78 is 0. The first-order chi connectivity index (χ1) is 14.4. The lowest BCUT2D eigenvalue weighted by molar-refractivity contribution is 1.28. The molecule has 5 rings (SSSR count). The standard InChI is InChI=1S/C26H19N2Si/c1-3-11-21(12-4-1)29(22-13-5-2-6-14-22)25-16-9-10-20-17-18-24(28-26(20)25)23-15-7-8-19-27-23/h1-19H.